The van der Waals surface area contributed by atoms with Gasteiger partial charge >= 0.3 is 5.97 Å². The van der Waals surface area contributed by atoms with Gasteiger partial charge in [0.1, 0.15) is 18.1 Å². The number of H-pyrrole nitrogens is 1. The van der Waals surface area contributed by atoms with Gasteiger partial charge in [-0.2, -0.15) is 0 Å². The van der Waals surface area contributed by atoms with E-state index in [1.165, 1.54) is 17.4 Å². The number of aliphatic carboxylic acids is 1. The Morgan fingerprint density at radius 3 is 2.33 bits per heavy atom. The largest absolute Gasteiger partial charge is 0.480 e. The summed E-state index contributed by atoms with van der Waals surface area (Å²) >= 11 is 0. The van der Waals surface area contributed by atoms with Gasteiger partial charge < -0.3 is 42.8 Å². The standard InChI is InChI=1S/C21H32N8O7/c22-12(3-5-16(23)30)20(34)29-7-1-2-15(29)19(33)27-13(4-6-17(24)31)18(32)28-14(21(35)36)8-11-9-25-10-26-11/h9-10,12-15H,1-8,22H2,(H2,23,30)(H2,24,31)(H,25,26)(H,27,33)(H,28,32)(H,35,36). The van der Waals surface area contributed by atoms with Crippen molar-refractivity contribution in [1.29, 1.82) is 0 Å². The van der Waals surface area contributed by atoms with Crippen LogP contribution in [0.25, 0.3) is 0 Å². The number of likely N-dealkylation sites (tertiary alicyclic amines) is 1. The average molecular weight is 509 g/mol. The highest BCUT2D eigenvalue weighted by Crippen LogP contribution is 2.19. The molecular weight excluding hydrogens is 476 g/mol. The Hall–Kier alpha value is -4.01. The number of carboxylic acids is 1. The highest BCUT2D eigenvalue weighted by Gasteiger charge is 2.38. The minimum atomic E-state index is -1.33. The van der Waals surface area contributed by atoms with Crippen molar-refractivity contribution in [3.05, 3.63) is 18.2 Å². The average Bonchev–Trinajstić information content (AvgIpc) is 3.51. The molecule has 0 saturated carbocycles. The number of nitrogens with two attached hydrogens (primary N) is 3. The van der Waals surface area contributed by atoms with Gasteiger partial charge in [0.2, 0.25) is 29.5 Å². The SMILES string of the molecule is NC(=O)CCC(N)C(=O)N1CCCC1C(=O)NC(CCC(N)=O)C(=O)NC(Cc1cnc[nH]1)C(=O)O. The number of rotatable bonds is 14. The first-order chi connectivity index (χ1) is 17.0. The van der Waals surface area contributed by atoms with Crippen LogP contribution in [0.15, 0.2) is 12.5 Å². The lowest BCUT2D eigenvalue weighted by molar-refractivity contribution is -0.143. The zero-order valence-corrected chi connectivity index (χ0v) is 19.6. The highest BCUT2D eigenvalue weighted by atomic mass is 16.4. The van der Waals surface area contributed by atoms with Gasteiger partial charge in [-0.15, -0.1) is 0 Å². The van der Waals surface area contributed by atoms with Crippen molar-refractivity contribution < 1.29 is 33.9 Å². The van der Waals surface area contributed by atoms with Crippen molar-refractivity contribution in [3.8, 4) is 0 Å². The van der Waals surface area contributed by atoms with Crippen LogP contribution in [0.5, 0.6) is 0 Å². The second kappa shape index (κ2) is 13.2. The molecule has 2 rings (SSSR count). The molecule has 15 nitrogen and oxygen atoms in total. The number of carbonyl (C=O) groups is 6. The lowest BCUT2D eigenvalue weighted by atomic mass is 10.1. The van der Waals surface area contributed by atoms with Crippen molar-refractivity contribution in [2.24, 2.45) is 17.2 Å². The molecule has 0 spiro atoms. The zero-order chi connectivity index (χ0) is 26.8. The molecule has 1 aromatic rings. The van der Waals surface area contributed by atoms with Gasteiger partial charge in [0.25, 0.3) is 0 Å². The quantitative estimate of drug-likeness (QED) is 0.134. The number of carbonyl (C=O) groups excluding carboxylic acids is 5. The summed E-state index contributed by atoms with van der Waals surface area (Å²) in [5, 5.41) is 14.4. The van der Waals surface area contributed by atoms with Gasteiger partial charge in [-0.05, 0) is 25.7 Å². The van der Waals surface area contributed by atoms with Crippen LogP contribution in [0, 0.1) is 0 Å². The lowest BCUT2D eigenvalue weighted by Crippen LogP contribution is -2.57. The molecule has 0 aliphatic carbocycles. The van der Waals surface area contributed by atoms with E-state index in [1.807, 2.05) is 0 Å². The summed E-state index contributed by atoms with van der Waals surface area (Å²) in [6.45, 7) is 0.255. The molecule has 1 fully saturated rings. The number of amides is 5. The molecule has 36 heavy (non-hydrogen) atoms. The molecule has 0 aromatic carbocycles. The third-order valence-electron chi connectivity index (χ3n) is 5.76. The van der Waals surface area contributed by atoms with Crippen LogP contribution in [0.2, 0.25) is 0 Å². The summed E-state index contributed by atoms with van der Waals surface area (Å²) in [6, 6.07) is -4.58. The zero-order valence-electron chi connectivity index (χ0n) is 19.6. The van der Waals surface area contributed by atoms with E-state index < -0.39 is 59.7 Å². The van der Waals surface area contributed by atoms with Crippen LogP contribution < -0.4 is 27.8 Å². The second-order valence-electron chi connectivity index (χ2n) is 8.55. The van der Waals surface area contributed by atoms with E-state index in [0.29, 0.717) is 18.5 Å². The van der Waals surface area contributed by atoms with Gasteiger partial charge in [-0.25, -0.2) is 9.78 Å². The summed E-state index contributed by atoms with van der Waals surface area (Å²) < 4.78 is 0. The van der Waals surface area contributed by atoms with Crippen LogP contribution in [0.3, 0.4) is 0 Å². The maximum Gasteiger partial charge on any atom is 0.326 e. The molecule has 198 valence electrons. The summed E-state index contributed by atoms with van der Waals surface area (Å²) in [4.78, 5) is 80.5. The minimum Gasteiger partial charge on any atom is -0.480 e. The molecule has 4 atom stereocenters. The van der Waals surface area contributed by atoms with Crippen LogP contribution in [0.4, 0.5) is 0 Å². The molecule has 1 saturated heterocycles. The Morgan fingerprint density at radius 1 is 1.08 bits per heavy atom. The minimum absolute atomic E-state index is 0.0234. The molecule has 15 heteroatoms. The van der Waals surface area contributed by atoms with Crippen molar-refractivity contribution >= 4 is 35.5 Å². The van der Waals surface area contributed by atoms with Crippen molar-refractivity contribution in [2.45, 2.75) is 69.1 Å². The van der Waals surface area contributed by atoms with Crippen LogP contribution in [-0.4, -0.2) is 86.2 Å². The number of hydrogen-bond donors (Lipinski definition) is 7. The number of hydrogen-bond acceptors (Lipinski definition) is 8. The van der Waals surface area contributed by atoms with Crippen molar-refractivity contribution in [1.82, 2.24) is 25.5 Å². The Morgan fingerprint density at radius 2 is 1.75 bits per heavy atom. The number of aromatic amines is 1. The van der Waals surface area contributed by atoms with Gasteiger partial charge in [-0.3, -0.25) is 24.0 Å². The lowest BCUT2D eigenvalue weighted by Gasteiger charge is -2.28. The number of carboxylic acid groups (broad SMARTS) is 1. The van der Waals surface area contributed by atoms with Crippen molar-refractivity contribution in [2.75, 3.05) is 6.54 Å². The topological polar surface area (TPSA) is 257 Å². The summed E-state index contributed by atoms with van der Waals surface area (Å²) in [6.07, 6.45) is 3.01. The summed E-state index contributed by atoms with van der Waals surface area (Å²) in [5.74, 6) is -4.65. The number of nitrogens with one attached hydrogen (secondary N) is 3. The Bertz CT molecular complexity index is 967. The van der Waals surface area contributed by atoms with Gasteiger partial charge in [0.05, 0.1) is 12.4 Å². The van der Waals surface area contributed by atoms with E-state index in [9.17, 15) is 33.9 Å². The highest BCUT2D eigenvalue weighted by molar-refractivity contribution is 5.94. The van der Waals surface area contributed by atoms with E-state index in [1.54, 1.807) is 0 Å². The first-order valence-electron chi connectivity index (χ1n) is 11.4. The van der Waals surface area contributed by atoms with E-state index >= 15 is 0 Å². The van der Waals surface area contributed by atoms with Crippen LogP contribution in [-0.2, 0) is 35.2 Å². The van der Waals surface area contributed by atoms with Crippen LogP contribution >= 0.6 is 0 Å². The predicted octanol–water partition coefficient (Wildman–Crippen LogP) is -3.14. The number of imidazole rings is 1. The van der Waals surface area contributed by atoms with E-state index in [4.69, 9.17) is 17.2 Å². The molecule has 1 aromatic heterocycles. The first kappa shape index (κ1) is 28.2. The van der Waals surface area contributed by atoms with Crippen LogP contribution in [0.1, 0.15) is 44.2 Å². The fraction of sp³-hybridized carbons (Fsp3) is 0.571. The van der Waals surface area contributed by atoms with Gasteiger partial charge in [0.15, 0.2) is 0 Å². The Labute approximate surface area is 206 Å². The number of primary amides is 2. The van der Waals surface area contributed by atoms with Gasteiger partial charge in [0, 0.05) is 37.7 Å². The molecule has 10 N–H and O–H groups in total. The second-order valence-corrected chi connectivity index (χ2v) is 8.55. The molecule has 4 unspecified atom stereocenters. The van der Waals surface area contributed by atoms with E-state index in [0.717, 1.165) is 0 Å². The molecule has 5 amide bonds. The fourth-order valence-corrected chi connectivity index (χ4v) is 3.85. The molecule has 0 radical (unpaired) electrons. The number of nitrogens with zero attached hydrogens (tertiary/aromatic N) is 2. The van der Waals surface area contributed by atoms with E-state index in [2.05, 4.69) is 20.6 Å². The molecule has 2 heterocycles. The first-order valence-corrected chi connectivity index (χ1v) is 11.4. The predicted molar refractivity (Wildman–Crippen MR) is 123 cm³/mol. The molecule has 0 bridgehead atoms. The smallest absolute Gasteiger partial charge is 0.326 e. The Balaban J connectivity index is 2.09. The summed E-state index contributed by atoms with van der Waals surface area (Å²) in [5.41, 5.74) is 16.6. The molecule has 1 aliphatic heterocycles. The molecular formula is C21H32N8O7. The monoisotopic (exact) mass is 508 g/mol. The van der Waals surface area contributed by atoms with Crippen molar-refractivity contribution in [3.63, 3.8) is 0 Å². The maximum atomic E-state index is 13.0. The normalized spacial score (nSPS) is 17.6. The fourth-order valence-electron chi connectivity index (χ4n) is 3.85. The molecule has 1 aliphatic rings. The summed E-state index contributed by atoms with van der Waals surface area (Å²) in [7, 11) is 0. The Kier molecular flexibility index (Phi) is 10.3. The van der Waals surface area contributed by atoms with E-state index in [-0.39, 0.29) is 38.6 Å². The number of aromatic nitrogens is 2. The maximum absolute atomic E-state index is 13.0. The van der Waals surface area contributed by atoms with Gasteiger partial charge in [-0.1, -0.05) is 0 Å². The third kappa shape index (κ3) is 8.33. The third-order valence-corrected chi connectivity index (χ3v) is 5.76.